The van der Waals surface area contributed by atoms with Gasteiger partial charge in [0.05, 0.1) is 6.04 Å². The van der Waals surface area contributed by atoms with E-state index in [0.717, 1.165) is 5.56 Å². The lowest BCUT2D eigenvalue weighted by molar-refractivity contribution is 0.621. The van der Waals surface area contributed by atoms with Gasteiger partial charge in [0.2, 0.25) is 0 Å². The van der Waals surface area contributed by atoms with Crippen molar-refractivity contribution in [3.8, 4) is 0 Å². The van der Waals surface area contributed by atoms with E-state index in [1.807, 2.05) is 0 Å². The van der Waals surface area contributed by atoms with Crippen LogP contribution in [-0.2, 0) is 0 Å². The molecule has 3 N–H and O–H groups in total. The van der Waals surface area contributed by atoms with Crippen LogP contribution in [0.2, 0.25) is 0 Å². The predicted molar refractivity (Wildman–Crippen MR) is 68.2 cm³/mol. The van der Waals surface area contributed by atoms with E-state index >= 15 is 0 Å². The molecule has 1 unspecified atom stereocenters. The molecule has 94 valence electrons. The van der Waals surface area contributed by atoms with Gasteiger partial charge in [-0.25, -0.2) is 8.78 Å². The summed E-state index contributed by atoms with van der Waals surface area (Å²) in [7, 11) is 0. The molecule has 1 atom stereocenters. The highest BCUT2D eigenvalue weighted by Gasteiger charge is 2.10. The monoisotopic (exact) mass is 248 g/mol. The Balaban J connectivity index is 2.19. The molecule has 0 fully saturated rings. The molecule has 0 aliphatic heterocycles. The first-order chi connectivity index (χ1) is 8.69. The average Bonchev–Trinajstić information content (AvgIpc) is 2.36. The lowest BCUT2D eigenvalue weighted by Gasteiger charge is -2.18. The molecule has 0 spiro atoms. The minimum atomic E-state index is -0.324. The molecule has 18 heavy (non-hydrogen) atoms. The second-order valence-electron chi connectivity index (χ2n) is 4.00. The molecule has 0 amide bonds. The van der Waals surface area contributed by atoms with Crippen LogP contribution in [-0.4, -0.2) is 6.54 Å². The van der Waals surface area contributed by atoms with Crippen LogP contribution in [0.15, 0.2) is 48.5 Å². The molecule has 0 aliphatic carbocycles. The maximum atomic E-state index is 13.1. The van der Waals surface area contributed by atoms with E-state index in [1.165, 1.54) is 24.3 Å². The van der Waals surface area contributed by atoms with Crippen molar-refractivity contribution >= 4 is 5.69 Å². The van der Waals surface area contributed by atoms with Gasteiger partial charge in [-0.15, -0.1) is 0 Å². The van der Waals surface area contributed by atoms with Gasteiger partial charge in [0.1, 0.15) is 11.6 Å². The Morgan fingerprint density at radius 2 is 1.67 bits per heavy atom. The number of anilines is 1. The minimum Gasteiger partial charge on any atom is -0.377 e. The minimum absolute atomic E-state index is 0.248. The van der Waals surface area contributed by atoms with Crippen LogP contribution in [0, 0.1) is 11.6 Å². The van der Waals surface area contributed by atoms with Crippen LogP contribution in [0.1, 0.15) is 11.6 Å². The van der Waals surface area contributed by atoms with Gasteiger partial charge in [0.15, 0.2) is 0 Å². The highest BCUT2D eigenvalue weighted by molar-refractivity contribution is 5.45. The van der Waals surface area contributed by atoms with Crippen molar-refractivity contribution in [1.82, 2.24) is 0 Å². The summed E-state index contributed by atoms with van der Waals surface area (Å²) in [4.78, 5) is 0. The Morgan fingerprint density at radius 1 is 1.00 bits per heavy atom. The quantitative estimate of drug-likeness (QED) is 0.872. The Morgan fingerprint density at radius 3 is 2.28 bits per heavy atom. The van der Waals surface area contributed by atoms with Crippen molar-refractivity contribution in [3.63, 3.8) is 0 Å². The summed E-state index contributed by atoms with van der Waals surface area (Å²) in [6, 6.07) is 12.0. The highest BCUT2D eigenvalue weighted by atomic mass is 19.1. The van der Waals surface area contributed by atoms with E-state index in [4.69, 9.17) is 5.73 Å². The van der Waals surface area contributed by atoms with E-state index in [1.54, 1.807) is 24.3 Å². The smallest absolute Gasteiger partial charge is 0.125 e. The largest absolute Gasteiger partial charge is 0.377 e. The lowest BCUT2D eigenvalue weighted by atomic mass is 10.1. The molecule has 4 heteroatoms. The standard InChI is InChI=1S/C14H14F2N2/c15-11-4-1-3-10(7-11)14(9-17)18-13-6-2-5-12(16)8-13/h1-8,14,18H,9,17H2. The van der Waals surface area contributed by atoms with Crippen molar-refractivity contribution in [2.24, 2.45) is 5.73 Å². The number of halogens is 2. The molecule has 0 bridgehead atoms. The zero-order chi connectivity index (χ0) is 13.0. The molecule has 0 aliphatic rings. The maximum Gasteiger partial charge on any atom is 0.125 e. The molecule has 0 saturated heterocycles. The summed E-state index contributed by atoms with van der Waals surface area (Å²) in [6.45, 7) is 0.292. The first-order valence-electron chi connectivity index (χ1n) is 5.66. The topological polar surface area (TPSA) is 38.0 Å². The maximum absolute atomic E-state index is 13.1. The summed E-state index contributed by atoms with van der Waals surface area (Å²) in [6.07, 6.45) is 0. The molecule has 2 rings (SSSR count). The third-order valence-electron chi connectivity index (χ3n) is 2.65. The van der Waals surface area contributed by atoms with Crippen LogP contribution in [0.4, 0.5) is 14.5 Å². The van der Waals surface area contributed by atoms with Crippen LogP contribution in [0.25, 0.3) is 0 Å². The first-order valence-corrected chi connectivity index (χ1v) is 5.66. The van der Waals surface area contributed by atoms with Crippen molar-refractivity contribution < 1.29 is 8.78 Å². The van der Waals surface area contributed by atoms with Gasteiger partial charge >= 0.3 is 0 Å². The Bertz CT molecular complexity index is 529. The Kier molecular flexibility index (Phi) is 3.89. The SMILES string of the molecule is NCC(Nc1cccc(F)c1)c1cccc(F)c1. The Hall–Kier alpha value is -1.94. The fraction of sp³-hybridized carbons (Fsp3) is 0.143. The summed E-state index contributed by atoms with van der Waals surface area (Å²) in [5.41, 5.74) is 7.02. The number of hydrogen-bond acceptors (Lipinski definition) is 2. The number of nitrogens with two attached hydrogens (primary N) is 1. The molecule has 0 heterocycles. The molecule has 0 radical (unpaired) electrons. The molecule has 2 aromatic rings. The third-order valence-corrected chi connectivity index (χ3v) is 2.65. The van der Waals surface area contributed by atoms with Crippen molar-refractivity contribution in [2.45, 2.75) is 6.04 Å². The summed E-state index contributed by atoms with van der Waals surface area (Å²) < 4.78 is 26.2. The Labute approximate surface area is 104 Å². The second-order valence-corrected chi connectivity index (χ2v) is 4.00. The number of benzene rings is 2. The fourth-order valence-electron chi connectivity index (χ4n) is 1.78. The van der Waals surface area contributed by atoms with E-state index in [-0.39, 0.29) is 17.7 Å². The van der Waals surface area contributed by atoms with Crippen molar-refractivity contribution in [1.29, 1.82) is 0 Å². The van der Waals surface area contributed by atoms with Gasteiger partial charge in [0, 0.05) is 12.2 Å². The van der Waals surface area contributed by atoms with Crippen molar-refractivity contribution in [2.75, 3.05) is 11.9 Å². The normalized spacial score (nSPS) is 12.2. The zero-order valence-corrected chi connectivity index (χ0v) is 9.74. The van der Waals surface area contributed by atoms with E-state index in [2.05, 4.69) is 5.32 Å². The predicted octanol–water partition coefficient (Wildman–Crippen LogP) is 3.08. The lowest BCUT2D eigenvalue weighted by Crippen LogP contribution is -2.20. The first kappa shape index (κ1) is 12.5. The average molecular weight is 248 g/mol. The molecule has 2 aromatic carbocycles. The van der Waals surface area contributed by atoms with Crippen molar-refractivity contribution in [3.05, 3.63) is 65.7 Å². The van der Waals surface area contributed by atoms with E-state index in [0.29, 0.717) is 12.2 Å². The van der Waals surface area contributed by atoms with E-state index in [9.17, 15) is 8.78 Å². The van der Waals surface area contributed by atoms with Crippen LogP contribution in [0.3, 0.4) is 0 Å². The molecule has 0 aromatic heterocycles. The van der Waals surface area contributed by atoms with Gasteiger partial charge in [-0.1, -0.05) is 18.2 Å². The van der Waals surface area contributed by atoms with E-state index < -0.39 is 0 Å². The van der Waals surface area contributed by atoms with Crippen LogP contribution >= 0.6 is 0 Å². The fourth-order valence-corrected chi connectivity index (χ4v) is 1.78. The molecular formula is C14H14F2N2. The van der Waals surface area contributed by atoms with Crippen LogP contribution < -0.4 is 11.1 Å². The number of hydrogen-bond donors (Lipinski definition) is 2. The summed E-state index contributed by atoms with van der Waals surface area (Å²) >= 11 is 0. The van der Waals surface area contributed by atoms with Crippen LogP contribution in [0.5, 0.6) is 0 Å². The zero-order valence-electron chi connectivity index (χ0n) is 9.74. The van der Waals surface area contributed by atoms with Gasteiger partial charge in [0.25, 0.3) is 0 Å². The van der Waals surface area contributed by atoms with Gasteiger partial charge in [-0.3, -0.25) is 0 Å². The second kappa shape index (κ2) is 5.60. The third kappa shape index (κ3) is 3.05. The summed E-state index contributed by atoms with van der Waals surface area (Å²) in [5, 5.41) is 3.08. The van der Waals surface area contributed by atoms with Gasteiger partial charge in [-0.05, 0) is 35.9 Å². The molecule has 0 saturated carbocycles. The van der Waals surface area contributed by atoms with Gasteiger partial charge < -0.3 is 11.1 Å². The molecule has 2 nitrogen and oxygen atoms in total. The number of rotatable bonds is 4. The summed E-state index contributed by atoms with van der Waals surface area (Å²) in [5.74, 6) is -0.637. The number of nitrogens with one attached hydrogen (secondary N) is 1. The van der Waals surface area contributed by atoms with Gasteiger partial charge in [-0.2, -0.15) is 0 Å². The molecular weight excluding hydrogens is 234 g/mol. The highest BCUT2D eigenvalue weighted by Crippen LogP contribution is 2.20.